The minimum absolute atomic E-state index is 0.0112. The SMILES string of the molecule is CCc1csc(NS(=O)(=O)c2ccc(F)cc2)n1. The minimum atomic E-state index is -3.69. The average Bonchev–Trinajstić information content (AvgIpc) is 2.76. The number of hydrogen-bond acceptors (Lipinski definition) is 4. The molecule has 1 aromatic carbocycles. The molecule has 1 aromatic heterocycles. The normalized spacial score (nSPS) is 11.4. The van der Waals surface area contributed by atoms with Crippen LogP contribution in [0.1, 0.15) is 12.6 Å². The maximum atomic E-state index is 12.7. The van der Waals surface area contributed by atoms with E-state index in [1.807, 2.05) is 6.92 Å². The Hall–Kier alpha value is -1.47. The molecule has 0 fully saturated rings. The Morgan fingerprint density at radius 1 is 1.33 bits per heavy atom. The van der Waals surface area contributed by atoms with E-state index in [4.69, 9.17) is 0 Å². The van der Waals surface area contributed by atoms with Crippen LogP contribution in [0.15, 0.2) is 34.5 Å². The van der Waals surface area contributed by atoms with E-state index in [2.05, 4.69) is 9.71 Å². The van der Waals surface area contributed by atoms with Gasteiger partial charge < -0.3 is 0 Å². The largest absolute Gasteiger partial charge is 0.263 e. The van der Waals surface area contributed by atoms with Crippen molar-refractivity contribution in [3.05, 3.63) is 41.2 Å². The van der Waals surface area contributed by atoms with Crippen LogP contribution >= 0.6 is 11.3 Å². The molecule has 0 amide bonds. The zero-order chi connectivity index (χ0) is 13.2. The Labute approximate surface area is 109 Å². The summed E-state index contributed by atoms with van der Waals surface area (Å²) >= 11 is 1.22. The first-order chi connectivity index (χ1) is 8.51. The third-order valence-electron chi connectivity index (χ3n) is 2.26. The van der Waals surface area contributed by atoms with Crippen LogP contribution in [0, 0.1) is 5.82 Å². The van der Waals surface area contributed by atoms with Crippen LogP contribution in [0.4, 0.5) is 9.52 Å². The molecular formula is C11H11FN2O2S2. The van der Waals surface area contributed by atoms with E-state index in [1.165, 1.54) is 23.5 Å². The molecule has 0 saturated heterocycles. The van der Waals surface area contributed by atoms with Gasteiger partial charge >= 0.3 is 0 Å². The first kappa shape index (κ1) is 13.0. The van der Waals surface area contributed by atoms with Gasteiger partial charge in [0.15, 0.2) is 5.13 Å². The highest BCUT2D eigenvalue weighted by molar-refractivity contribution is 7.93. The molecule has 0 bridgehead atoms. The maximum absolute atomic E-state index is 12.7. The highest BCUT2D eigenvalue weighted by Gasteiger charge is 2.15. The Morgan fingerprint density at radius 3 is 2.56 bits per heavy atom. The fourth-order valence-electron chi connectivity index (χ4n) is 1.30. The van der Waals surface area contributed by atoms with Crippen molar-refractivity contribution >= 4 is 26.5 Å². The summed E-state index contributed by atoms with van der Waals surface area (Å²) in [6.07, 6.45) is 0.745. The molecule has 0 spiro atoms. The minimum Gasteiger partial charge on any atom is -0.255 e. The lowest BCUT2D eigenvalue weighted by atomic mass is 10.4. The number of halogens is 1. The lowest BCUT2D eigenvalue weighted by Crippen LogP contribution is -2.12. The van der Waals surface area contributed by atoms with E-state index in [0.29, 0.717) is 5.13 Å². The van der Waals surface area contributed by atoms with Crippen LogP contribution in [0.2, 0.25) is 0 Å². The second-order valence-electron chi connectivity index (χ2n) is 3.56. The van der Waals surface area contributed by atoms with E-state index >= 15 is 0 Å². The first-order valence-electron chi connectivity index (χ1n) is 5.24. The standard InChI is InChI=1S/C11H11FN2O2S2/c1-2-9-7-17-11(13-9)14-18(15,16)10-5-3-8(12)4-6-10/h3-7H,2H2,1H3,(H,13,14). The van der Waals surface area contributed by atoms with Crippen LogP contribution in [0.25, 0.3) is 0 Å². The quantitative estimate of drug-likeness (QED) is 0.940. The molecule has 2 rings (SSSR count). The van der Waals surface area contributed by atoms with Gasteiger partial charge in [-0.3, -0.25) is 4.72 Å². The van der Waals surface area contributed by atoms with Crippen LogP contribution < -0.4 is 4.72 Å². The number of aryl methyl sites for hydroxylation is 1. The van der Waals surface area contributed by atoms with Crippen molar-refractivity contribution in [1.29, 1.82) is 0 Å². The predicted octanol–water partition coefficient (Wildman–Crippen LogP) is 2.65. The molecule has 0 unspecified atom stereocenters. The summed E-state index contributed by atoms with van der Waals surface area (Å²) in [5, 5.41) is 2.11. The fourth-order valence-corrected chi connectivity index (χ4v) is 3.35. The van der Waals surface area contributed by atoms with Crippen LogP contribution in [0.5, 0.6) is 0 Å². The van der Waals surface area contributed by atoms with E-state index in [0.717, 1.165) is 24.2 Å². The summed E-state index contributed by atoms with van der Waals surface area (Å²) < 4.78 is 39.0. The molecule has 1 heterocycles. The van der Waals surface area contributed by atoms with Crippen molar-refractivity contribution in [2.45, 2.75) is 18.2 Å². The number of hydrogen-bond donors (Lipinski definition) is 1. The van der Waals surface area contributed by atoms with Gasteiger partial charge in [0.2, 0.25) is 0 Å². The summed E-state index contributed by atoms with van der Waals surface area (Å²) in [5.41, 5.74) is 0.830. The Kier molecular flexibility index (Phi) is 3.63. The molecule has 1 N–H and O–H groups in total. The van der Waals surface area contributed by atoms with Crippen molar-refractivity contribution in [3.8, 4) is 0 Å². The summed E-state index contributed by atoms with van der Waals surface area (Å²) in [6, 6.07) is 4.64. The fraction of sp³-hybridized carbons (Fsp3) is 0.182. The molecule has 96 valence electrons. The van der Waals surface area contributed by atoms with Gasteiger partial charge in [0, 0.05) is 5.38 Å². The number of anilines is 1. The molecule has 0 aliphatic heterocycles. The van der Waals surface area contributed by atoms with Gasteiger partial charge in [-0.05, 0) is 30.7 Å². The van der Waals surface area contributed by atoms with Crippen LogP contribution in [0.3, 0.4) is 0 Å². The van der Waals surface area contributed by atoms with Gasteiger partial charge in [-0.25, -0.2) is 17.8 Å². The highest BCUT2D eigenvalue weighted by Crippen LogP contribution is 2.20. The van der Waals surface area contributed by atoms with Gasteiger partial charge in [-0.2, -0.15) is 0 Å². The van der Waals surface area contributed by atoms with Crippen LogP contribution in [-0.4, -0.2) is 13.4 Å². The molecule has 7 heteroatoms. The average molecular weight is 286 g/mol. The van der Waals surface area contributed by atoms with E-state index in [9.17, 15) is 12.8 Å². The lowest BCUT2D eigenvalue weighted by molar-refractivity contribution is 0.599. The van der Waals surface area contributed by atoms with Crippen molar-refractivity contribution in [2.24, 2.45) is 0 Å². The van der Waals surface area contributed by atoms with Crippen molar-refractivity contribution in [1.82, 2.24) is 4.98 Å². The smallest absolute Gasteiger partial charge is 0.255 e. The first-order valence-corrected chi connectivity index (χ1v) is 7.60. The molecule has 18 heavy (non-hydrogen) atoms. The summed E-state index contributed by atoms with van der Waals surface area (Å²) in [4.78, 5) is 4.12. The van der Waals surface area contributed by atoms with E-state index in [1.54, 1.807) is 5.38 Å². The Bertz CT molecular complexity index is 635. The Balaban J connectivity index is 2.24. The second-order valence-corrected chi connectivity index (χ2v) is 6.10. The maximum Gasteiger partial charge on any atom is 0.263 e. The zero-order valence-electron chi connectivity index (χ0n) is 9.55. The van der Waals surface area contributed by atoms with Gasteiger partial charge in [0.05, 0.1) is 10.6 Å². The molecule has 2 aromatic rings. The summed E-state index contributed by atoms with van der Waals surface area (Å²) in [6.45, 7) is 1.94. The number of benzene rings is 1. The number of nitrogens with zero attached hydrogens (tertiary/aromatic N) is 1. The number of sulfonamides is 1. The predicted molar refractivity (Wildman–Crippen MR) is 68.7 cm³/mol. The third-order valence-corrected chi connectivity index (χ3v) is 4.55. The number of thiazole rings is 1. The van der Waals surface area contributed by atoms with Gasteiger partial charge in [0.1, 0.15) is 5.82 Å². The van der Waals surface area contributed by atoms with Gasteiger partial charge in [0.25, 0.3) is 10.0 Å². The molecule has 0 aliphatic rings. The topological polar surface area (TPSA) is 59.1 Å². The molecule has 0 saturated carbocycles. The number of rotatable bonds is 4. The summed E-state index contributed by atoms with van der Waals surface area (Å²) in [5.74, 6) is -0.475. The highest BCUT2D eigenvalue weighted by atomic mass is 32.2. The van der Waals surface area contributed by atoms with E-state index in [-0.39, 0.29) is 4.90 Å². The molecule has 0 aliphatic carbocycles. The van der Waals surface area contributed by atoms with E-state index < -0.39 is 15.8 Å². The molecule has 4 nitrogen and oxygen atoms in total. The number of aromatic nitrogens is 1. The lowest BCUT2D eigenvalue weighted by Gasteiger charge is -2.04. The van der Waals surface area contributed by atoms with Crippen molar-refractivity contribution < 1.29 is 12.8 Å². The summed E-state index contributed by atoms with van der Waals surface area (Å²) in [7, 11) is -3.69. The van der Waals surface area contributed by atoms with Gasteiger partial charge in [-0.15, -0.1) is 11.3 Å². The molecule has 0 atom stereocenters. The second kappa shape index (κ2) is 5.03. The molecular weight excluding hydrogens is 275 g/mol. The van der Waals surface area contributed by atoms with Crippen molar-refractivity contribution in [2.75, 3.05) is 4.72 Å². The third kappa shape index (κ3) is 2.85. The van der Waals surface area contributed by atoms with Gasteiger partial charge in [-0.1, -0.05) is 6.92 Å². The monoisotopic (exact) mass is 286 g/mol. The van der Waals surface area contributed by atoms with Crippen LogP contribution in [-0.2, 0) is 16.4 Å². The Morgan fingerprint density at radius 2 is 2.00 bits per heavy atom. The number of nitrogens with one attached hydrogen (secondary N) is 1. The molecule has 0 radical (unpaired) electrons. The van der Waals surface area contributed by atoms with Crippen molar-refractivity contribution in [3.63, 3.8) is 0 Å². The zero-order valence-corrected chi connectivity index (χ0v) is 11.2.